The third-order valence-corrected chi connectivity index (χ3v) is 2.29. The Balaban J connectivity index is 2.88. The van der Waals surface area contributed by atoms with Crippen molar-refractivity contribution in [2.45, 2.75) is 19.0 Å². The maximum atomic E-state index is 13.6. The summed E-state index contributed by atoms with van der Waals surface area (Å²) in [7, 11) is 0. The molecule has 0 fully saturated rings. The molecule has 1 aromatic rings. The molecule has 1 rings (SSSR count). The molecular weight excluding hydrogens is 261 g/mol. The highest BCUT2D eigenvalue weighted by Gasteiger charge is 2.38. The molecule has 1 aromatic carbocycles. The molecule has 0 aromatic heterocycles. The summed E-state index contributed by atoms with van der Waals surface area (Å²) in [6, 6.07) is 4.65. The van der Waals surface area contributed by atoms with Gasteiger partial charge in [0.2, 0.25) is 0 Å². The molecule has 0 aliphatic rings. The highest BCUT2D eigenvalue weighted by Crippen LogP contribution is 2.33. The predicted octanol–water partition coefficient (Wildman–Crippen LogP) is 2.61. The summed E-state index contributed by atoms with van der Waals surface area (Å²) in [5.74, 6) is -5.68. The molecule has 0 bridgehead atoms. The smallest absolute Gasteiger partial charge is 0.330 e. The van der Waals surface area contributed by atoms with E-state index in [2.05, 4.69) is 4.74 Å². The topological polar surface area (TPSA) is 46.5 Å². The van der Waals surface area contributed by atoms with Gasteiger partial charge in [0, 0.05) is 11.6 Å². The standard InChI is InChI=1S/C13H13F3O3/c1-2-19-11(17)7-8-13(15,16)12(18)9-5-3-4-6-10(9)14/h3-8,12,18H,2H2,1H3/b8-7+. The Morgan fingerprint density at radius 3 is 2.68 bits per heavy atom. The van der Waals surface area contributed by atoms with Crippen LogP contribution in [0, 0.1) is 5.82 Å². The van der Waals surface area contributed by atoms with Crippen LogP contribution >= 0.6 is 0 Å². The van der Waals surface area contributed by atoms with Gasteiger partial charge in [-0.3, -0.25) is 0 Å². The average Bonchev–Trinajstić information content (AvgIpc) is 2.37. The van der Waals surface area contributed by atoms with Crippen molar-refractivity contribution < 1.29 is 27.8 Å². The van der Waals surface area contributed by atoms with Crippen molar-refractivity contribution in [2.24, 2.45) is 0 Å². The van der Waals surface area contributed by atoms with Gasteiger partial charge in [-0.2, -0.15) is 8.78 Å². The summed E-state index contributed by atoms with van der Waals surface area (Å²) in [6.45, 7) is 1.57. The second-order valence-corrected chi connectivity index (χ2v) is 3.68. The minimum Gasteiger partial charge on any atom is -0.463 e. The molecule has 6 heteroatoms. The highest BCUT2D eigenvalue weighted by atomic mass is 19.3. The number of benzene rings is 1. The van der Waals surface area contributed by atoms with Crippen molar-refractivity contribution in [2.75, 3.05) is 6.61 Å². The summed E-state index contributed by atoms with van der Waals surface area (Å²) in [5, 5.41) is 9.48. The van der Waals surface area contributed by atoms with Crippen molar-refractivity contribution in [3.05, 3.63) is 47.8 Å². The first kappa shape index (κ1) is 15.2. The Bertz CT molecular complexity index is 472. The Hall–Kier alpha value is -1.82. The Kier molecular flexibility index (Phi) is 5.11. The van der Waals surface area contributed by atoms with Crippen LogP contribution in [0.15, 0.2) is 36.4 Å². The van der Waals surface area contributed by atoms with Crippen molar-refractivity contribution in [1.29, 1.82) is 0 Å². The molecule has 1 N–H and O–H groups in total. The summed E-state index contributed by atoms with van der Waals surface area (Å²) < 4.78 is 44.9. The first-order valence-corrected chi connectivity index (χ1v) is 5.54. The van der Waals surface area contributed by atoms with Crippen LogP contribution in [-0.4, -0.2) is 23.6 Å². The molecule has 0 amide bonds. The number of rotatable bonds is 5. The molecule has 0 aliphatic carbocycles. The van der Waals surface area contributed by atoms with Gasteiger partial charge in [-0.15, -0.1) is 0 Å². The van der Waals surface area contributed by atoms with Gasteiger partial charge in [-0.25, -0.2) is 9.18 Å². The quantitative estimate of drug-likeness (QED) is 0.663. The van der Waals surface area contributed by atoms with Crippen LogP contribution in [0.4, 0.5) is 13.2 Å². The third-order valence-electron chi connectivity index (χ3n) is 2.29. The Morgan fingerprint density at radius 1 is 1.47 bits per heavy atom. The molecule has 1 atom stereocenters. The number of alkyl halides is 2. The lowest BCUT2D eigenvalue weighted by Crippen LogP contribution is -2.25. The van der Waals surface area contributed by atoms with E-state index in [9.17, 15) is 23.1 Å². The van der Waals surface area contributed by atoms with Crippen molar-refractivity contribution in [3.8, 4) is 0 Å². The van der Waals surface area contributed by atoms with Crippen LogP contribution in [0.5, 0.6) is 0 Å². The van der Waals surface area contributed by atoms with E-state index in [-0.39, 0.29) is 12.7 Å². The van der Waals surface area contributed by atoms with E-state index >= 15 is 0 Å². The molecule has 0 saturated heterocycles. The van der Waals surface area contributed by atoms with Gasteiger partial charge in [0.1, 0.15) is 11.9 Å². The molecule has 0 aliphatic heterocycles. The summed E-state index contributed by atoms with van der Waals surface area (Å²) in [4.78, 5) is 10.9. The molecule has 3 nitrogen and oxygen atoms in total. The maximum Gasteiger partial charge on any atom is 0.330 e. The van der Waals surface area contributed by atoms with Crippen LogP contribution in [0.25, 0.3) is 0 Å². The summed E-state index contributed by atoms with van der Waals surface area (Å²) >= 11 is 0. The lowest BCUT2D eigenvalue weighted by Gasteiger charge is -2.19. The maximum absolute atomic E-state index is 13.6. The third kappa shape index (κ3) is 4.10. The van der Waals surface area contributed by atoms with E-state index in [0.29, 0.717) is 6.08 Å². The van der Waals surface area contributed by atoms with Crippen LogP contribution in [0.2, 0.25) is 0 Å². The minimum absolute atomic E-state index is 0.0462. The van der Waals surface area contributed by atoms with Gasteiger partial charge in [-0.05, 0) is 19.1 Å². The van der Waals surface area contributed by atoms with Gasteiger partial charge in [0.15, 0.2) is 0 Å². The lowest BCUT2D eigenvalue weighted by molar-refractivity contribution is -0.137. The molecule has 104 valence electrons. The largest absolute Gasteiger partial charge is 0.463 e. The van der Waals surface area contributed by atoms with Gasteiger partial charge < -0.3 is 9.84 Å². The van der Waals surface area contributed by atoms with Gasteiger partial charge in [0.05, 0.1) is 6.61 Å². The predicted molar refractivity (Wildman–Crippen MR) is 62.1 cm³/mol. The number of carbonyl (C=O) groups is 1. The SMILES string of the molecule is CCOC(=O)/C=C/C(F)(F)C(O)c1ccccc1F. The second-order valence-electron chi connectivity index (χ2n) is 3.68. The number of carbonyl (C=O) groups excluding carboxylic acids is 1. The minimum atomic E-state index is -3.78. The van der Waals surface area contributed by atoms with E-state index in [1.807, 2.05) is 0 Å². The number of aliphatic hydroxyl groups excluding tert-OH is 1. The number of hydrogen-bond donors (Lipinski definition) is 1. The van der Waals surface area contributed by atoms with E-state index in [1.165, 1.54) is 19.1 Å². The zero-order valence-electron chi connectivity index (χ0n) is 10.1. The molecule has 19 heavy (non-hydrogen) atoms. The average molecular weight is 274 g/mol. The molecule has 0 radical (unpaired) electrons. The van der Waals surface area contributed by atoms with E-state index in [1.54, 1.807) is 0 Å². The second kappa shape index (κ2) is 6.38. The molecule has 0 spiro atoms. The molecular formula is C13H13F3O3. The zero-order chi connectivity index (χ0) is 14.5. The van der Waals surface area contributed by atoms with Crippen molar-refractivity contribution >= 4 is 5.97 Å². The van der Waals surface area contributed by atoms with Gasteiger partial charge in [0.25, 0.3) is 5.92 Å². The number of hydrogen-bond acceptors (Lipinski definition) is 3. The number of esters is 1. The van der Waals surface area contributed by atoms with E-state index < -0.39 is 29.4 Å². The fourth-order valence-corrected chi connectivity index (χ4v) is 1.36. The summed E-state index contributed by atoms with van der Waals surface area (Å²) in [5.41, 5.74) is -0.541. The first-order valence-electron chi connectivity index (χ1n) is 5.54. The van der Waals surface area contributed by atoms with Crippen molar-refractivity contribution in [1.82, 2.24) is 0 Å². The fourth-order valence-electron chi connectivity index (χ4n) is 1.36. The van der Waals surface area contributed by atoms with Crippen LogP contribution < -0.4 is 0 Å². The lowest BCUT2D eigenvalue weighted by atomic mass is 10.0. The van der Waals surface area contributed by atoms with Gasteiger partial charge >= 0.3 is 5.97 Å². The summed E-state index contributed by atoms with van der Waals surface area (Å²) in [6.07, 6.45) is -1.67. The van der Waals surface area contributed by atoms with Crippen LogP contribution in [0.1, 0.15) is 18.6 Å². The first-order chi connectivity index (χ1) is 8.88. The monoisotopic (exact) mass is 274 g/mol. The molecule has 1 unspecified atom stereocenters. The van der Waals surface area contributed by atoms with Crippen LogP contribution in [0.3, 0.4) is 0 Å². The van der Waals surface area contributed by atoms with E-state index in [0.717, 1.165) is 12.1 Å². The van der Waals surface area contributed by atoms with Crippen molar-refractivity contribution in [3.63, 3.8) is 0 Å². The normalized spacial score (nSPS) is 13.5. The van der Waals surface area contributed by atoms with Gasteiger partial charge in [-0.1, -0.05) is 18.2 Å². The Labute approximate surface area is 108 Å². The highest BCUT2D eigenvalue weighted by molar-refractivity contribution is 5.82. The number of halogens is 3. The number of aliphatic hydroxyl groups is 1. The Morgan fingerprint density at radius 2 is 2.11 bits per heavy atom. The van der Waals surface area contributed by atoms with E-state index in [4.69, 9.17) is 0 Å². The molecule has 0 heterocycles. The molecule has 0 saturated carbocycles. The van der Waals surface area contributed by atoms with Crippen LogP contribution in [-0.2, 0) is 9.53 Å². The number of ether oxygens (including phenoxy) is 1. The fraction of sp³-hybridized carbons (Fsp3) is 0.308. The zero-order valence-corrected chi connectivity index (χ0v) is 10.1.